The molecule has 9 heteroatoms. The third kappa shape index (κ3) is 7.16. The minimum absolute atomic E-state index is 0. The van der Waals surface area contributed by atoms with Crippen molar-refractivity contribution in [3.05, 3.63) is 59.9 Å². The number of halogens is 2. The average molecular weight is 455 g/mol. The fourth-order valence-electron chi connectivity index (χ4n) is 3.27. The summed E-state index contributed by atoms with van der Waals surface area (Å²) in [6.45, 7) is 2.33. The van der Waals surface area contributed by atoms with Crippen LogP contribution in [0.5, 0.6) is 5.75 Å². The molecular formula is C21H28Cl2N4O3. The molecular weight excluding hydrogens is 427 g/mol. The van der Waals surface area contributed by atoms with E-state index < -0.39 is 0 Å². The summed E-state index contributed by atoms with van der Waals surface area (Å²) < 4.78 is 5.79. The highest BCUT2D eigenvalue weighted by molar-refractivity contribution is 5.95. The number of aromatic nitrogens is 1. The summed E-state index contributed by atoms with van der Waals surface area (Å²) in [5.74, 6) is 0.331. The van der Waals surface area contributed by atoms with Crippen LogP contribution in [0.2, 0.25) is 0 Å². The van der Waals surface area contributed by atoms with Gasteiger partial charge in [-0.2, -0.15) is 0 Å². The summed E-state index contributed by atoms with van der Waals surface area (Å²) >= 11 is 0. The highest BCUT2D eigenvalue weighted by Crippen LogP contribution is 2.21. The molecule has 3 rings (SSSR count). The highest BCUT2D eigenvalue weighted by Gasteiger charge is 2.28. The fraction of sp³-hybridized carbons (Fsp3) is 0.381. The largest absolute Gasteiger partial charge is 0.489 e. The summed E-state index contributed by atoms with van der Waals surface area (Å²) in [5.41, 5.74) is 6.96. The first-order chi connectivity index (χ1) is 13.7. The molecule has 1 saturated heterocycles. The quantitative estimate of drug-likeness (QED) is 0.669. The summed E-state index contributed by atoms with van der Waals surface area (Å²) in [6, 6.07) is 10.9. The molecule has 0 bridgehead atoms. The number of ether oxygens (including phenoxy) is 1. The molecule has 164 valence electrons. The van der Waals surface area contributed by atoms with Gasteiger partial charge in [-0.15, -0.1) is 24.8 Å². The summed E-state index contributed by atoms with van der Waals surface area (Å²) in [4.78, 5) is 30.9. The predicted octanol–water partition coefficient (Wildman–Crippen LogP) is 2.43. The van der Waals surface area contributed by atoms with E-state index in [-0.39, 0.29) is 42.5 Å². The van der Waals surface area contributed by atoms with Crippen molar-refractivity contribution in [2.45, 2.75) is 19.4 Å². The Morgan fingerprint density at radius 2 is 2.07 bits per heavy atom. The van der Waals surface area contributed by atoms with E-state index in [1.165, 1.54) is 0 Å². The molecule has 0 spiro atoms. The first-order valence-corrected chi connectivity index (χ1v) is 9.56. The number of pyridine rings is 1. The number of amides is 2. The Kier molecular flexibility index (Phi) is 11.2. The van der Waals surface area contributed by atoms with Gasteiger partial charge in [0.1, 0.15) is 12.4 Å². The third-order valence-corrected chi connectivity index (χ3v) is 4.73. The zero-order valence-electron chi connectivity index (χ0n) is 16.7. The Bertz CT molecular complexity index is 808. The molecule has 1 fully saturated rings. The zero-order valence-corrected chi connectivity index (χ0v) is 18.3. The minimum Gasteiger partial charge on any atom is -0.489 e. The van der Waals surface area contributed by atoms with Gasteiger partial charge in [-0.05, 0) is 37.1 Å². The molecule has 3 N–H and O–H groups in total. The number of hydrogen-bond donors (Lipinski definition) is 2. The molecule has 1 aliphatic heterocycles. The Balaban J connectivity index is 0.00000225. The van der Waals surface area contributed by atoms with Gasteiger partial charge in [0.05, 0.1) is 5.92 Å². The molecule has 2 amide bonds. The molecule has 1 aromatic heterocycles. The van der Waals surface area contributed by atoms with Crippen LogP contribution in [0.3, 0.4) is 0 Å². The van der Waals surface area contributed by atoms with Crippen LogP contribution in [-0.4, -0.2) is 47.9 Å². The van der Waals surface area contributed by atoms with Gasteiger partial charge in [-0.25, -0.2) is 0 Å². The molecule has 1 atom stereocenters. The molecule has 2 aromatic rings. The number of nitrogens with two attached hydrogens (primary N) is 1. The van der Waals surface area contributed by atoms with Crippen molar-refractivity contribution in [3.8, 4) is 5.75 Å². The maximum absolute atomic E-state index is 12.9. The van der Waals surface area contributed by atoms with Gasteiger partial charge in [0.15, 0.2) is 0 Å². The van der Waals surface area contributed by atoms with Crippen LogP contribution >= 0.6 is 24.8 Å². The highest BCUT2D eigenvalue weighted by atomic mass is 35.5. The topological polar surface area (TPSA) is 97.6 Å². The lowest BCUT2D eigenvalue weighted by atomic mass is 9.96. The Hall–Kier alpha value is -2.35. The van der Waals surface area contributed by atoms with E-state index in [0.29, 0.717) is 44.1 Å². The van der Waals surface area contributed by atoms with E-state index in [1.807, 2.05) is 18.2 Å². The number of piperidine rings is 1. The Morgan fingerprint density at radius 1 is 1.23 bits per heavy atom. The number of likely N-dealkylation sites (tertiary alicyclic amines) is 1. The Morgan fingerprint density at radius 3 is 2.80 bits per heavy atom. The predicted molar refractivity (Wildman–Crippen MR) is 120 cm³/mol. The van der Waals surface area contributed by atoms with E-state index >= 15 is 0 Å². The SMILES string of the molecule is Cl.Cl.NCCNC(=O)C1CCCN(C(=O)c2cccc(OCc3cccnc3)c2)C1. The van der Waals surface area contributed by atoms with Crippen LogP contribution in [0, 0.1) is 5.92 Å². The third-order valence-electron chi connectivity index (χ3n) is 4.73. The van der Waals surface area contributed by atoms with Crippen molar-refractivity contribution in [1.29, 1.82) is 0 Å². The zero-order chi connectivity index (χ0) is 19.8. The van der Waals surface area contributed by atoms with Gasteiger partial charge < -0.3 is 20.7 Å². The van der Waals surface area contributed by atoms with Gasteiger partial charge in [0.25, 0.3) is 5.91 Å². The van der Waals surface area contributed by atoms with Crippen molar-refractivity contribution in [2.75, 3.05) is 26.2 Å². The van der Waals surface area contributed by atoms with E-state index in [0.717, 1.165) is 18.4 Å². The molecule has 1 aromatic carbocycles. The van der Waals surface area contributed by atoms with E-state index in [2.05, 4.69) is 10.3 Å². The Labute approximate surface area is 189 Å². The molecule has 0 aliphatic carbocycles. The number of hydrogen-bond acceptors (Lipinski definition) is 5. The molecule has 30 heavy (non-hydrogen) atoms. The number of nitrogens with one attached hydrogen (secondary N) is 1. The standard InChI is InChI=1S/C21H26N4O3.2ClH/c22-8-10-24-20(26)18-6-3-11-25(14-18)21(27)17-5-1-7-19(12-17)28-15-16-4-2-9-23-13-16;;/h1-2,4-5,7,9,12-13,18H,3,6,8,10-11,14-15,22H2,(H,24,26);2*1H. The minimum atomic E-state index is -0.186. The summed E-state index contributed by atoms with van der Waals surface area (Å²) in [5, 5.41) is 2.82. The first kappa shape index (κ1) is 25.7. The molecule has 0 saturated carbocycles. The lowest BCUT2D eigenvalue weighted by Gasteiger charge is -2.32. The van der Waals surface area contributed by atoms with Crippen LogP contribution in [0.1, 0.15) is 28.8 Å². The molecule has 7 nitrogen and oxygen atoms in total. The van der Waals surface area contributed by atoms with Crippen LogP contribution in [0.4, 0.5) is 0 Å². The second-order valence-electron chi connectivity index (χ2n) is 6.85. The van der Waals surface area contributed by atoms with Gasteiger partial charge in [-0.3, -0.25) is 14.6 Å². The number of carbonyl (C=O) groups excluding carboxylic acids is 2. The van der Waals surface area contributed by atoms with Gasteiger partial charge >= 0.3 is 0 Å². The molecule has 2 heterocycles. The van der Waals surface area contributed by atoms with E-state index in [1.54, 1.807) is 35.5 Å². The molecule has 0 radical (unpaired) electrons. The maximum atomic E-state index is 12.9. The van der Waals surface area contributed by atoms with Crippen LogP contribution in [-0.2, 0) is 11.4 Å². The van der Waals surface area contributed by atoms with Crippen molar-refractivity contribution in [1.82, 2.24) is 15.2 Å². The van der Waals surface area contributed by atoms with Crippen molar-refractivity contribution >= 4 is 36.6 Å². The second kappa shape index (κ2) is 13.1. The lowest BCUT2D eigenvalue weighted by molar-refractivity contribution is -0.126. The van der Waals surface area contributed by atoms with E-state index in [9.17, 15) is 9.59 Å². The second-order valence-corrected chi connectivity index (χ2v) is 6.85. The number of carbonyl (C=O) groups is 2. The number of benzene rings is 1. The molecule has 1 aliphatic rings. The fourth-order valence-corrected chi connectivity index (χ4v) is 3.27. The van der Waals surface area contributed by atoms with Gasteiger partial charge in [-0.1, -0.05) is 12.1 Å². The summed E-state index contributed by atoms with van der Waals surface area (Å²) in [7, 11) is 0. The lowest BCUT2D eigenvalue weighted by Crippen LogP contribution is -2.46. The van der Waals surface area contributed by atoms with Crippen molar-refractivity contribution < 1.29 is 14.3 Å². The van der Waals surface area contributed by atoms with Crippen LogP contribution in [0.25, 0.3) is 0 Å². The number of rotatable bonds is 7. The maximum Gasteiger partial charge on any atom is 0.254 e. The van der Waals surface area contributed by atoms with Crippen LogP contribution < -0.4 is 15.8 Å². The monoisotopic (exact) mass is 454 g/mol. The number of nitrogens with zero attached hydrogens (tertiary/aromatic N) is 2. The van der Waals surface area contributed by atoms with E-state index in [4.69, 9.17) is 10.5 Å². The normalized spacial score (nSPS) is 15.4. The summed E-state index contributed by atoms with van der Waals surface area (Å²) in [6.07, 6.45) is 5.06. The smallest absolute Gasteiger partial charge is 0.254 e. The van der Waals surface area contributed by atoms with Gasteiger partial charge in [0.2, 0.25) is 5.91 Å². The average Bonchev–Trinajstić information content (AvgIpc) is 2.76. The van der Waals surface area contributed by atoms with Crippen molar-refractivity contribution in [2.24, 2.45) is 11.7 Å². The van der Waals surface area contributed by atoms with Crippen LogP contribution in [0.15, 0.2) is 48.8 Å². The molecule has 1 unspecified atom stereocenters. The first-order valence-electron chi connectivity index (χ1n) is 9.56. The van der Waals surface area contributed by atoms with Gasteiger partial charge in [0, 0.05) is 49.7 Å². The van der Waals surface area contributed by atoms with Crippen molar-refractivity contribution in [3.63, 3.8) is 0 Å².